The van der Waals surface area contributed by atoms with Crippen LogP contribution in [0.4, 0.5) is 8.78 Å². The molecule has 1 aliphatic carbocycles. The van der Waals surface area contributed by atoms with Crippen molar-refractivity contribution in [3.63, 3.8) is 0 Å². The Morgan fingerprint density at radius 3 is 2.70 bits per heavy atom. The van der Waals surface area contributed by atoms with E-state index in [-0.39, 0.29) is 12.0 Å². The summed E-state index contributed by atoms with van der Waals surface area (Å²) in [6, 6.07) is 8.43. The van der Waals surface area contributed by atoms with E-state index in [9.17, 15) is 19.0 Å². The van der Waals surface area contributed by atoms with Crippen molar-refractivity contribution in [1.29, 1.82) is 0 Å². The number of rotatable bonds is 5. The lowest BCUT2D eigenvalue weighted by Gasteiger charge is -2.18. The number of aliphatic hydroxyl groups is 2. The van der Waals surface area contributed by atoms with E-state index in [0.29, 0.717) is 18.6 Å². The average Bonchev–Trinajstić information content (AvgIpc) is 2.99. The predicted molar refractivity (Wildman–Crippen MR) is 79.1 cm³/mol. The Morgan fingerprint density at radius 1 is 1.22 bits per heavy atom. The Labute approximate surface area is 133 Å². The molecule has 5 atom stereocenters. The molecule has 3 rings (SSSR count). The molecule has 6 heteroatoms. The highest BCUT2D eigenvalue weighted by Gasteiger charge is 2.48. The summed E-state index contributed by atoms with van der Waals surface area (Å²) in [5.74, 6) is -3.30. The first-order valence-corrected chi connectivity index (χ1v) is 7.71. The number of benzene rings is 1. The number of hydrogen-bond donors (Lipinski definition) is 2. The van der Waals surface area contributed by atoms with Gasteiger partial charge in [-0.1, -0.05) is 24.3 Å². The molecule has 0 spiro atoms. The lowest BCUT2D eigenvalue weighted by atomic mass is 9.91. The minimum Gasteiger partial charge on any atom is -0.487 e. The van der Waals surface area contributed by atoms with Gasteiger partial charge < -0.3 is 19.7 Å². The third-order valence-electron chi connectivity index (χ3n) is 4.43. The van der Waals surface area contributed by atoms with E-state index in [2.05, 4.69) is 0 Å². The molecule has 0 amide bonds. The topological polar surface area (TPSA) is 58.9 Å². The van der Waals surface area contributed by atoms with Gasteiger partial charge in [0.25, 0.3) is 5.92 Å². The lowest BCUT2D eigenvalue weighted by Crippen LogP contribution is -2.25. The summed E-state index contributed by atoms with van der Waals surface area (Å²) in [6.07, 6.45) is 1.01. The van der Waals surface area contributed by atoms with Gasteiger partial charge in [-0.3, -0.25) is 0 Å². The molecule has 1 heterocycles. The van der Waals surface area contributed by atoms with E-state index >= 15 is 0 Å². The minimum atomic E-state index is -3.13. The van der Waals surface area contributed by atoms with Crippen LogP contribution in [0.3, 0.4) is 0 Å². The van der Waals surface area contributed by atoms with Gasteiger partial charge in [-0.15, -0.1) is 0 Å². The van der Waals surface area contributed by atoms with Crippen LogP contribution in [0, 0.1) is 11.8 Å². The fourth-order valence-corrected chi connectivity index (χ4v) is 3.33. The fourth-order valence-electron chi connectivity index (χ4n) is 3.33. The van der Waals surface area contributed by atoms with E-state index in [1.165, 1.54) is 6.08 Å². The van der Waals surface area contributed by atoms with Crippen LogP contribution < -0.4 is 4.74 Å². The van der Waals surface area contributed by atoms with Gasteiger partial charge in [0.15, 0.2) is 12.9 Å². The van der Waals surface area contributed by atoms with Gasteiger partial charge in [0.1, 0.15) is 5.75 Å². The molecule has 1 aliphatic heterocycles. The summed E-state index contributed by atoms with van der Waals surface area (Å²) < 4.78 is 38.2. The Kier molecular flexibility index (Phi) is 4.66. The van der Waals surface area contributed by atoms with Crippen molar-refractivity contribution < 1.29 is 28.5 Å². The average molecular weight is 326 g/mol. The summed E-state index contributed by atoms with van der Waals surface area (Å²) in [5.41, 5.74) is 0. The van der Waals surface area contributed by atoms with Gasteiger partial charge in [0.2, 0.25) is 0 Å². The van der Waals surface area contributed by atoms with E-state index in [1.54, 1.807) is 30.3 Å². The Balaban J connectivity index is 1.59. The van der Waals surface area contributed by atoms with E-state index in [0.717, 1.165) is 6.08 Å². The van der Waals surface area contributed by atoms with Crippen LogP contribution in [0.1, 0.15) is 12.8 Å². The molecule has 2 fully saturated rings. The smallest absolute Gasteiger partial charge is 0.299 e. The number of alkyl halides is 2. The fraction of sp³-hybridized carbons (Fsp3) is 0.529. The second-order valence-corrected chi connectivity index (χ2v) is 6.13. The van der Waals surface area contributed by atoms with Gasteiger partial charge in [0, 0.05) is 18.8 Å². The summed E-state index contributed by atoms with van der Waals surface area (Å²) in [6.45, 7) is -0.760. The van der Waals surface area contributed by atoms with Crippen LogP contribution in [-0.2, 0) is 4.74 Å². The van der Waals surface area contributed by atoms with Crippen LogP contribution in [0.15, 0.2) is 42.5 Å². The van der Waals surface area contributed by atoms with E-state index in [1.807, 2.05) is 0 Å². The van der Waals surface area contributed by atoms with Crippen molar-refractivity contribution in [2.24, 2.45) is 11.8 Å². The minimum absolute atomic E-state index is 0.123. The summed E-state index contributed by atoms with van der Waals surface area (Å²) in [4.78, 5) is 0. The Hall–Kier alpha value is -1.50. The Bertz CT molecular complexity index is 549. The van der Waals surface area contributed by atoms with Crippen molar-refractivity contribution >= 4 is 0 Å². The van der Waals surface area contributed by atoms with Crippen LogP contribution in [0.2, 0.25) is 0 Å². The van der Waals surface area contributed by atoms with E-state index < -0.39 is 30.8 Å². The summed E-state index contributed by atoms with van der Waals surface area (Å²) in [7, 11) is 0. The standard InChI is InChI=1S/C17H20F2O4/c18-17(19,10-22-11-4-2-1-3-5-11)7-6-12-13-8-16(21)23-15(13)9-14(12)20/h1-7,12-16,20-21H,8-10H2/b7-6+/t12-,13-,14-,15+,16-/m1/s1. The monoisotopic (exact) mass is 326 g/mol. The summed E-state index contributed by atoms with van der Waals surface area (Å²) >= 11 is 0. The molecule has 1 saturated carbocycles. The first-order chi connectivity index (χ1) is 10.9. The van der Waals surface area contributed by atoms with Crippen LogP contribution >= 0.6 is 0 Å². The molecule has 23 heavy (non-hydrogen) atoms. The zero-order valence-corrected chi connectivity index (χ0v) is 12.5. The summed E-state index contributed by atoms with van der Waals surface area (Å²) in [5, 5.41) is 19.5. The van der Waals surface area contributed by atoms with Gasteiger partial charge in [0.05, 0.1) is 12.2 Å². The molecule has 2 aliphatic rings. The zero-order valence-electron chi connectivity index (χ0n) is 12.5. The van der Waals surface area contributed by atoms with E-state index in [4.69, 9.17) is 9.47 Å². The van der Waals surface area contributed by atoms with Gasteiger partial charge in [-0.05, 0) is 24.1 Å². The molecule has 1 aromatic carbocycles. The van der Waals surface area contributed by atoms with Crippen molar-refractivity contribution in [3.05, 3.63) is 42.5 Å². The molecule has 1 saturated heterocycles. The maximum absolute atomic E-state index is 13.9. The van der Waals surface area contributed by atoms with Crippen molar-refractivity contribution in [2.45, 2.75) is 37.3 Å². The normalized spacial score (nSPS) is 34.0. The second-order valence-electron chi connectivity index (χ2n) is 6.13. The Morgan fingerprint density at radius 2 is 1.96 bits per heavy atom. The first kappa shape index (κ1) is 16.4. The maximum atomic E-state index is 13.9. The highest BCUT2D eigenvalue weighted by atomic mass is 19.3. The maximum Gasteiger partial charge on any atom is 0.299 e. The largest absolute Gasteiger partial charge is 0.487 e. The number of hydrogen-bond acceptors (Lipinski definition) is 4. The molecule has 2 N–H and O–H groups in total. The molecule has 0 radical (unpaired) electrons. The molecule has 0 bridgehead atoms. The molecule has 1 aromatic rings. The molecular weight excluding hydrogens is 306 g/mol. The van der Waals surface area contributed by atoms with Crippen LogP contribution in [-0.4, -0.2) is 41.2 Å². The third-order valence-corrected chi connectivity index (χ3v) is 4.43. The number of ether oxygens (including phenoxy) is 2. The SMILES string of the molecule is O[C@@H]1C[C@@H]2O[C@@H](O)C[C@@H]2[C@H]1/C=C/C(F)(F)COc1ccccc1. The molecule has 4 nitrogen and oxygen atoms in total. The lowest BCUT2D eigenvalue weighted by molar-refractivity contribution is -0.0949. The number of para-hydroxylation sites is 1. The van der Waals surface area contributed by atoms with Crippen molar-refractivity contribution in [2.75, 3.05) is 6.61 Å². The van der Waals surface area contributed by atoms with Crippen LogP contribution in [0.25, 0.3) is 0 Å². The first-order valence-electron chi connectivity index (χ1n) is 7.71. The van der Waals surface area contributed by atoms with Gasteiger partial charge in [-0.2, -0.15) is 8.78 Å². The number of fused-ring (bicyclic) bond motifs is 1. The number of aliphatic hydroxyl groups excluding tert-OH is 2. The second kappa shape index (κ2) is 6.55. The third kappa shape index (κ3) is 3.88. The zero-order chi connectivity index (χ0) is 16.4. The van der Waals surface area contributed by atoms with Crippen LogP contribution in [0.5, 0.6) is 5.75 Å². The highest BCUT2D eigenvalue weighted by Crippen LogP contribution is 2.43. The predicted octanol–water partition coefficient (Wildman–Crippen LogP) is 2.36. The molecule has 0 unspecified atom stereocenters. The number of halogens is 2. The highest BCUT2D eigenvalue weighted by molar-refractivity contribution is 5.21. The van der Waals surface area contributed by atoms with Crippen molar-refractivity contribution in [3.8, 4) is 5.75 Å². The molecule has 0 aromatic heterocycles. The molecular formula is C17H20F2O4. The quantitative estimate of drug-likeness (QED) is 0.816. The van der Waals surface area contributed by atoms with Gasteiger partial charge >= 0.3 is 0 Å². The molecule has 126 valence electrons. The van der Waals surface area contributed by atoms with Crippen molar-refractivity contribution in [1.82, 2.24) is 0 Å². The van der Waals surface area contributed by atoms with Gasteiger partial charge in [-0.25, -0.2) is 0 Å².